The van der Waals surface area contributed by atoms with Crippen molar-refractivity contribution in [2.75, 3.05) is 24.5 Å². The van der Waals surface area contributed by atoms with E-state index in [1.54, 1.807) is 31.2 Å². The Hall–Kier alpha value is -4.16. The zero-order chi connectivity index (χ0) is 31.0. The Bertz CT molecular complexity index is 1550. The van der Waals surface area contributed by atoms with Crippen molar-refractivity contribution in [3.05, 3.63) is 93.0 Å². The molecule has 1 N–H and O–H groups in total. The second kappa shape index (κ2) is 14.1. The molecule has 3 aromatic rings. The van der Waals surface area contributed by atoms with Crippen LogP contribution in [0.5, 0.6) is 5.75 Å². The van der Waals surface area contributed by atoms with Crippen molar-refractivity contribution >= 4 is 44.8 Å². The van der Waals surface area contributed by atoms with Crippen LogP contribution in [0, 0.1) is 17.0 Å². The van der Waals surface area contributed by atoms with E-state index in [-0.39, 0.29) is 28.4 Å². The fourth-order valence-corrected chi connectivity index (χ4v) is 5.81. The molecule has 0 bridgehead atoms. The zero-order valence-electron chi connectivity index (χ0n) is 23.7. The number of benzene rings is 3. The lowest BCUT2D eigenvalue weighted by atomic mass is 10.1. The Labute approximate surface area is 250 Å². The summed E-state index contributed by atoms with van der Waals surface area (Å²) in [6.07, 6.45) is 0.687. The smallest absolute Gasteiger partial charge is 0.273 e. The van der Waals surface area contributed by atoms with Gasteiger partial charge >= 0.3 is 0 Å². The van der Waals surface area contributed by atoms with Crippen LogP contribution in [-0.2, 0) is 26.2 Å². The molecule has 0 fully saturated rings. The molecule has 2 amide bonds. The van der Waals surface area contributed by atoms with Gasteiger partial charge in [0.1, 0.15) is 18.3 Å². The summed E-state index contributed by atoms with van der Waals surface area (Å²) in [7, 11) is -3.04. The number of rotatable bonds is 13. The first-order valence-corrected chi connectivity index (χ1v) is 14.9. The summed E-state index contributed by atoms with van der Waals surface area (Å²) in [6.45, 7) is 4.64. The molecule has 3 aromatic carbocycles. The standard InChI is InChI=1S/C29H33ClN4O7S/c1-5-15-31-29(36)21(3)32(18-22-7-6-8-23(30)16-22)28(35)19-33(24-10-12-25(41-4)13-11-24)42(39,40)26-14-9-20(2)27(17-26)34(37)38/h6-14,16-17,21H,5,15,18-19H2,1-4H3,(H,31,36)/t21-/m1/s1. The normalized spacial score (nSPS) is 11.8. The van der Waals surface area contributed by atoms with Gasteiger partial charge in [-0.1, -0.05) is 36.7 Å². The molecule has 0 spiro atoms. The molecular formula is C29H33ClN4O7S. The van der Waals surface area contributed by atoms with Crippen molar-refractivity contribution in [1.29, 1.82) is 0 Å². The molecule has 1 atom stereocenters. The maximum atomic E-state index is 14.0. The number of carbonyl (C=O) groups is 2. The van der Waals surface area contributed by atoms with E-state index in [4.69, 9.17) is 16.3 Å². The quantitative estimate of drug-likeness (QED) is 0.217. The number of anilines is 1. The van der Waals surface area contributed by atoms with Crippen molar-refractivity contribution < 1.29 is 27.7 Å². The predicted octanol–water partition coefficient (Wildman–Crippen LogP) is 4.70. The Balaban J connectivity index is 2.08. The highest BCUT2D eigenvalue weighted by atomic mass is 35.5. The van der Waals surface area contributed by atoms with E-state index in [0.29, 0.717) is 29.3 Å². The number of nitrogens with one attached hydrogen (secondary N) is 1. The lowest BCUT2D eigenvalue weighted by molar-refractivity contribution is -0.385. The Morgan fingerprint density at radius 1 is 1.10 bits per heavy atom. The number of hydrogen-bond donors (Lipinski definition) is 1. The summed E-state index contributed by atoms with van der Waals surface area (Å²) in [6, 6.07) is 15.4. The van der Waals surface area contributed by atoms with E-state index >= 15 is 0 Å². The second-order valence-electron chi connectivity index (χ2n) is 9.53. The van der Waals surface area contributed by atoms with Crippen LogP contribution in [0.4, 0.5) is 11.4 Å². The molecule has 0 aromatic heterocycles. The van der Waals surface area contributed by atoms with Gasteiger partial charge in [-0.25, -0.2) is 8.42 Å². The highest BCUT2D eigenvalue weighted by Gasteiger charge is 2.33. The molecule has 0 heterocycles. The molecule has 224 valence electrons. The van der Waals surface area contributed by atoms with Gasteiger partial charge in [-0.15, -0.1) is 0 Å². The zero-order valence-corrected chi connectivity index (χ0v) is 25.3. The molecule has 0 saturated carbocycles. The minimum Gasteiger partial charge on any atom is -0.497 e. The molecule has 42 heavy (non-hydrogen) atoms. The third-order valence-electron chi connectivity index (χ3n) is 6.56. The van der Waals surface area contributed by atoms with Crippen molar-refractivity contribution in [3.8, 4) is 5.75 Å². The van der Waals surface area contributed by atoms with Gasteiger partial charge in [0.15, 0.2) is 0 Å². The van der Waals surface area contributed by atoms with Crippen molar-refractivity contribution in [2.24, 2.45) is 0 Å². The number of ether oxygens (including phenoxy) is 1. The second-order valence-corrected chi connectivity index (χ2v) is 11.8. The molecule has 0 radical (unpaired) electrons. The monoisotopic (exact) mass is 616 g/mol. The number of carbonyl (C=O) groups excluding carboxylic acids is 2. The summed E-state index contributed by atoms with van der Waals surface area (Å²) in [4.78, 5) is 38.7. The number of nitro groups is 1. The van der Waals surface area contributed by atoms with Crippen LogP contribution in [-0.4, -0.2) is 56.3 Å². The number of aryl methyl sites for hydroxylation is 1. The van der Waals surface area contributed by atoms with Crippen molar-refractivity contribution in [3.63, 3.8) is 0 Å². The van der Waals surface area contributed by atoms with Gasteiger partial charge < -0.3 is 15.0 Å². The minimum atomic E-state index is -4.50. The number of methoxy groups -OCH3 is 1. The summed E-state index contributed by atoms with van der Waals surface area (Å²) < 4.78 is 34.0. The number of nitrogens with zero attached hydrogens (tertiary/aromatic N) is 3. The minimum absolute atomic E-state index is 0.0212. The van der Waals surface area contributed by atoms with Crippen LogP contribution in [0.3, 0.4) is 0 Å². The Kier molecular flexibility index (Phi) is 10.9. The van der Waals surface area contributed by atoms with Crippen LogP contribution < -0.4 is 14.4 Å². The van der Waals surface area contributed by atoms with E-state index in [0.717, 1.165) is 10.4 Å². The number of amides is 2. The number of sulfonamides is 1. The van der Waals surface area contributed by atoms with Gasteiger partial charge in [-0.05, 0) is 68.3 Å². The molecular weight excluding hydrogens is 584 g/mol. The Morgan fingerprint density at radius 3 is 2.38 bits per heavy atom. The van der Waals surface area contributed by atoms with Crippen LogP contribution in [0.1, 0.15) is 31.4 Å². The number of halogens is 1. The first kappa shape index (κ1) is 32.4. The predicted molar refractivity (Wildman–Crippen MR) is 160 cm³/mol. The summed E-state index contributed by atoms with van der Waals surface area (Å²) in [5.74, 6) is -0.618. The highest BCUT2D eigenvalue weighted by molar-refractivity contribution is 7.92. The van der Waals surface area contributed by atoms with E-state index in [2.05, 4.69) is 5.32 Å². The van der Waals surface area contributed by atoms with E-state index in [1.807, 2.05) is 6.92 Å². The first-order valence-electron chi connectivity index (χ1n) is 13.1. The van der Waals surface area contributed by atoms with Gasteiger partial charge in [0.25, 0.3) is 15.7 Å². The lowest BCUT2D eigenvalue weighted by Crippen LogP contribution is -2.51. The van der Waals surface area contributed by atoms with Crippen molar-refractivity contribution in [1.82, 2.24) is 10.2 Å². The summed E-state index contributed by atoms with van der Waals surface area (Å²) >= 11 is 6.15. The highest BCUT2D eigenvalue weighted by Crippen LogP contribution is 2.29. The van der Waals surface area contributed by atoms with Gasteiger partial charge in [0, 0.05) is 29.7 Å². The molecule has 11 nitrogen and oxygen atoms in total. The fourth-order valence-electron chi connectivity index (χ4n) is 4.16. The fraction of sp³-hybridized carbons (Fsp3) is 0.310. The lowest BCUT2D eigenvalue weighted by Gasteiger charge is -2.32. The molecule has 0 aliphatic carbocycles. The Morgan fingerprint density at radius 2 is 1.79 bits per heavy atom. The third kappa shape index (κ3) is 7.77. The topological polar surface area (TPSA) is 139 Å². The van der Waals surface area contributed by atoms with E-state index in [9.17, 15) is 28.1 Å². The third-order valence-corrected chi connectivity index (χ3v) is 8.57. The SMILES string of the molecule is CCCNC(=O)[C@@H](C)N(Cc1cccc(Cl)c1)C(=O)CN(c1ccc(OC)cc1)S(=O)(=O)c1ccc(C)c([N+](=O)[O-])c1. The van der Waals surface area contributed by atoms with Crippen LogP contribution in [0.2, 0.25) is 5.02 Å². The van der Waals surface area contributed by atoms with Gasteiger partial charge in [0.05, 0.1) is 22.6 Å². The molecule has 0 aliphatic rings. The maximum Gasteiger partial charge on any atom is 0.273 e. The molecule has 0 saturated heterocycles. The van der Waals surface area contributed by atoms with Gasteiger partial charge in [-0.3, -0.25) is 24.0 Å². The summed E-state index contributed by atoms with van der Waals surface area (Å²) in [5.41, 5.74) is 0.670. The van der Waals surface area contributed by atoms with Crippen LogP contribution >= 0.6 is 11.6 Å². The van der Waals surface area contributed by atoms with Crippen LogP contribution in [0.15, 0.2) is 71.6 Å². The molecule has 0 aliphatic heterocycles. The van der Waals surface area contributed by atoms with Gasteiger partial charge in [0.2, 0.25) is 11.8 Å². The molecule has 13 heteroatoms. The molecule has 0 unspecified atom stereocenters. The summed E-state index contributed by atoms with van der Waals surface area (Å²) in [5, 5.41) is 14.8. The largest absolute Gasteiger partial charge is 0.497 e. The van der Waals surface area contributed by atoms with E-state index in [1.165, 1.54) is 55.3 Å². The molecule has 3 rings (SSSR count). The van der Waals surface area contributed by atoms with Crippen molar-refractivity contribution in [2.45, 2.75) is 44.7 Å². The van der Waals surface area contributed by atoms with Crippen LogP contribution in [0.25, 0.3) is 0 Å². The van der Waals surface area contributed by atoms with E-state index < -0.39 is 39.3 Å². The maximum absolute atomic E-state index is 14.0. The number of hydrogen-bond acceptors (Lipinski definition) is 7. The average molecular weight is 617 g/mol. The first-order chi connectivity index (χ1) is 19.9. The average Bonchev–Trinajstić information content (AvgIpc) is 2.96. The number of nitro benzene ring substituents is 1. The van der Waals surface area contributed by atoms with Gasteiger partial charge in [-0.2, -0.15) is 0 Å².